The summed E-state index contributed by atoms with van der Waals surface area (Å²) in [5, 5.41) is 6.28. The van der Waals surface area contributed by atoms with Crippen LogP contribution in [-0.4, -0.2) is 46.7 Å². The largest absolute Gasteiger partial charge is 0.446 e. The maximum absolute atomic E-state index is 14.0. The molecule has 1 atom stereocenters. The van der Waals surface area contributed by atoms with Gasteiger partial charge in [-0.15, -0.1) is 0 Å². The Morgan fingerprint density at radius 1 is 0.947 bits per heavy atom. The molecular formula is C31H42N4O3. The number of carbonyl (C=O) groups excluding carboxylic acids is 2. The summed E-state index contributed by atoms with van der Waals surface area (Å²) in [7, 11) is 0. The van der Waals surface area contributed by atoms with Gasteiger partial charge in [0.1, 0.15) is 11.6 Å². The highest BCUT2D eigenvalue weighted by Crippen LogP contribution is 2.54. The van der Waals surface area contributed by atoms with Crippen LogP contribution in [0, 0.1) is 35.5 Å². The first-order valence-electron chi connectivity index (χ1n) is 15.0. The maximum Gasteiger partial charge on any atom is 0.408 e. The van der Waals surface area contributed by atoms with E-state index >= 15 is 0 Å². The minimum absolute atomic E-state index is 0.00979. The number of hydrazine groups is 1. The van der Waals surface area contributed by atoms with Gasteiger partial charge in [-0.25, -0.2) is 9.80 Å². The number of carbonyl (C=O) groups is 2. The number of nitrogens with one attached hydrogen (secondary N) is 3. The van der Waals surface area contributed by atoms with Gasteiger partial charge in [-0.1, -0.05) is 18.2 Å². The van der Waals surface area contributed by atoms with Crippen molar-refractivity contribution in [2.75, 3.05) is 13.1 Å². The summed E-state index contributed by atoms with van der Waals surface area (Å²) in [6.45, 7) is 3.64. The second kappa shape index (κ2) is 9.58. The summed E-state index contributed by atoms with van der Waals surface area (Å²) in [4.78, 5) is 30.8. The van der Waals surface area contributed by atoms with E-state index < -0.39 is 11.6 Å². The third-order valence-corrected chi connectivity index (χ3v) is 10.7. The van der Waals surface area contributed by atoms with E-state index in [0.29, 0.717) is 30.1 Å². The van der Waals surface area contributed by atoms with Crippen LogP contribution >= 0.6 is 0 Å². The summed E-state index contributed by atoms with van der Waals surface area (Å²) in [5.74, 6) is 3.74. The highest BCUT2D eigenvalue weighted by molar-refractivity contribution is 5.91. The lowest BCUT2D eigenvalue weighted by molar-refractivity contribution is -0.133. The van der Waals surface area contributed by atoms with Crippen LogP contribution in [0.15, 0.2) is 30.5 Å². The lowest BCUT2D eigenvalue weighted by atomic mass is 9.55. The van der Waals surface area contributed by atoms with E-state index in [1.54, 1.807) is 0 Å². The van der Waals surface area contributed by atoms with E-state index in [0.717, 1.165) is 41.4 Å². The number of hydrogen-bond donors (Lipinski definition) is 3. The van der Waals surface area contributed by atoms with Gasteiger partial charge < -0.3 is 15.0 Å². The van der Waals surface area contributed by atoms with Crippen molar-refractivity contribution in [3.63, 3.8) is 0 Å². The molecule has 0 unspecified atom stereocenters. The third kappa shape index (κ3) is 4.61. The average Bonchev–Trinajstić information content (AvgIpc) is 3.06. The van der Waals surface area contributed by atoms with Gasteiger partial charge in [0.2, 0.25) is 0 Å². The topological polar surface area (TPSA) is 86.5 Å². The minimum atomic E-state index is -1.14. The molecule has 204 valence electrons. The van der Waals surface area contributed by atoms with Crippen LogP contribution in [0.2, 0.25) is 0 Å². The lowest BCUT2D eigenvalue weighted by Crippen LogP contribution is -2.62. The Morgan fingerprint density at radius 3 is 2.24 bits per heavy atom. The first-order chi connectivity index (χ1) is 18.4. The van der Waals surface area contributed by atoms with Crippen LogP contribution in [0.25, 0.3) is 10.9 Å². The first kappa shape index (κ1) is 24.5. The van der Waals surface area contributed by atoms with Gasteiger partial charge >= 0.3 is 6.09 Å². The van der Waals surface area contributed by atoms with Crippen molar-refractivity contribution in [1.29, 1.82) is 0 Å². The van der Waals surface area contributed by atoms with E-state index in [9.17, 15) is 9.59 Å². The maximum atomic E-state index is 14.0. The average molecular weight is 519 g/mol. The highest BCUT2D eigenvalue weighted by atomic mass is 16.6. The van der Waals surface area contributed by atoms with Gasteiger partial charge in [0.15, 0.2) is 0 Å². The molecule has 2 saturated heterocycles. The molecule has 7 aliphatic rings. The summed E-state index contributed by atoms with van der Waals surface area (Å²) in [6, 6.07) is 8.12. The zero-order valence-corrected chi connectivity index (χ0v) is 22.6. The standard InChI is InChI=1S/C31H42N4O3/c1-31(15-25-16-32-27-5-3-2-4-26(25)27,29(36)34-35-17-19-6-7-20(18-35)9-8-19)33-30(37)38-28-23-11-21-10-22(13-23)14-24(28)12-21/h2-5,16,19-24,28,32H,6-15,17-18H2,1H3,(H,33,37)(H,34,36)/t19?,20?,21?,22?,23?,24?,28?,31-/m1/s1. The van der Waals surface area contributed by atoms with Crippen molar-refractivity contribution in [2.24, 2.45) is 35.5 Å². The molecule has 0 radical (unpaired) electrons. The predicted octanol–water partition coefficient (Wildman–Crippen LogP) is 5.17. The van der Waals surface area contributed by atoms with Crippen LogP contribution in [0.1, 0.15) is 70.3 Å². The van der Waals surface area contributed by atoms with Gasteiger partial charge in [0.05, 0.1) is 0 Å². The number of amides is 2. The number of H-pyrrole nitrogens is 1. The molecule has 5 aliphatic carbocycles. The van der Waals surface area contributed by atoms with Crippen LogP contribution in [0.5, 0.6) is 0 Å². The molecular weight excluding hydrogens is 476 g/mol. The van der Waals surface area contributed by atoms with Crippen LogP contribution < -0.4 is 10.7 Å². The Balaban J connectivity index is 1.10. The van der Waals surface area contributed by atoms with Gasteiger partial charge in [0, 0.05) is 36.6 Å². The van der Waals surface area contributed by atoms with Crippen molar-refractivity contribution in [1.82, 2.24) is 20.7 Å². The number of hydrogen-bond acceptors (Lipinski definition) is 4. The summed E-state index contributed by atoms with van der Waals surface area (Å²) in [5.41, 5.74) is 4.15. The number of nitrogens with zero attached hydrogens (tertiary/aromatic N) is 1. The molecule has 9 rings (SSSR count). The second-order valence-corrected chi connectivity index (χ2v) is 13.5. The Bertz CT molecular complexity index is 1160. The molecule has 7 fully saturated rings. The molecule has 6 bridgehead atoms. The number of alkyl carbamates (subject to hydrolysis) is 1. The molecule has 2 amide bonds. The van der Waals surface area contributed by atoms with Crippen molar-refractivity contribution in [3.05, 3.63) is 36.0 Å². The van der Waals surface area contributed by atoms with E-state index in [-0.39, 0.29) is 12.0 Å². The van der Waals surface area contributed by atoms with Gasteiger partial charge in [0.25, 0.3) is 5.91 Å². The van der Waals surface area contributed by atoms with E-state index in [4.69, 9.17) is 4.74 Å². The molecule has 5 saturated carbocycles. The monoisotopic (exact) mass is 518 g/mol. The number of para-hydroxylation sites is 1. The fourth-order valence-corrected chi connectivity index (χ4v) is 8.94. The number of fused-ring (bicyclic) bond motifs is 5. The Labute approximate surface area is 225 Å². The van der Waals surface area contributed by atoms with Crippen molar-refractivity contribution >= 4 is 22.9 Å². The van der Waals surface area contributed by atoms with Crippen LogP contribution in [-0.2, 0) is 16.0 Å². The zero-order chi connectivity index (χ0) is 25.9. The number of aromatic amines is 1. The Morgan fingerprint density at radius 2 is 1.58 bits per heavy atom. The third-order valence-electron chi connectivity index (χ3n) is 10.7. The van der Waals surface area contributed by atoms with Crippen LogP contribution in [0.4, 0.5) is 4.79 Å². The van der Waals surface area contributed by atoms with Gasteiger partial charge in [-0.3, -0.25) is 10.2 Å². The predicted molar refractivity (Wildman–Crippen MR) is 146 cm³/mol. The smallest absolute Gasteiger partial charge is 0.408 e. The number of aromatic nitrogens is 1. The van der Waals surface area contributed by atoms with Gasteiger partial charge in [-0.05, 0) is 112 Å². The quantitative estimate of drug-likeness (QED) is 0.492. The fraction of sp³-hybridized carbons (Fsp3) is 0.677. The second-order valence-electron chi connectivity index (χ2n) is 13.5. The number of ether oxygens (including phenoxy) is 1. The van der Waals surface area contributed by atoms with Crippen molar-refractivity contribution in [3.8, 4) is 0 Å². The molecule has 2 aromatic rings. The van der Waals surface area contributed by atoms with Crippen molar-refractivity contribution < 1.29 is 14.3 Å². The Hall–Kier alpha value is -2.54. The Kier molecular flexibility index (Phi) is 6.18. The first-order valence-corrected chi connectivity index (χ1v) is 15.0. The molecule has 0 spiro atoms. The molecule has 2 aliphatic heterocycles. The minimum Gasteiger partial charge on any atom is -0.446 e. The summed E-state index contributed by atoms with van der Waals surface area (Å²) < 4.78 is 6.18. The molecule has 3 heterocycles. The highest BCUT2D eigenvalue weighted by Gasteiger charge is 2.50. The SMILES string of the molecule is C[C@](Cc1c[nH]c2ccccc12)(NC(=O)OC1C2CC3CC(C2)CC1C3)C(=O)NN1CC2CCC(CC2)C1. The number of rotatable bonds is 6. The van der Waals surface area contributed by atoms with Gasteiger partial charge in [-0.2, -0.15) is 0 Å². The fourth-order valence-electron chi connectivity index (χ4n) is 8.94. The summed E-state index contributed by atoms with van der Waals surface area (Å²) >= 11 is 0. The molecule has 7 nitrogen and oxygen atoms in total. The number of benzene rings is 1. The zero-order valence-electron chi connectivity index (χ0n) is 22.6. The normalized spacial score (nSPS) is 35.6. The molecule has 1 aromatic heterocycles. The molecule has 7 heteroatoms. The van der Waals surface area contributed by atoms with Crippen molar-refractivity contribution in [2.45, 2.75) is 82.8 Å². The van der Waals surface area contributed by atoms with E-state index in [1.165, 1.54) is 57.8 Å². The van der Waals surface area contributed by atoms with E-state index in [1.807, 2.05) is 31.3 Å². The van der Waals surface area contributed by atoms with Crippen LogP contribution in [0.3, 0.4) is 0 Å². The molecule has 38 heavy (non-hydrogen) atoms. The van der Waals surface area contributed by atoms with E-state index in [2.05, 4.69) is 26.8 Å². The lowest BCUT2D eigenvalue weighted by Gasteiger charge is -2.53. The molecule has 3 N–H and O–H groups in total. The summed E-state index contributed by atoms with van der Waals surface area (Å²) in [6.07, 6.45) is 13.0. The molecule has 1 aromatic carbocycles.